The summed E-state index contributed by atoms with van der Waals surface area (Å²) in [5, 5.41) is 0.742. The molecule has 1 rings (SSSR count). The zero-order chi connectivity index (χ0) is 8.97. The lowest BCUT2D eigenvalue weighted by molar-refractivity contribution is 0.413. The van der Waals surface area contributed by atoms with E-state index < -0.39 is 0 Å². The normalized spacial score (nSPS) is 9.50. The van der Waals surface area contributed by atoms with E-state index in [1.54, 1.807) is 13.3 Å². The Morgan fingerprint density at radius 2 is 2.42 bits per heavy atom. The van der Waals surface area contributed by atoms with Gasteiger partial charge in [0.15, 0.2) is 0 Å². The number of allylic oxidation sites excluding steroid dienone is 1. The molecule has 0 aliphatic carbocycles. The van der Waals surface area contributed by atoms with E-state index in [9.17, 15) is 0 Å². The molecule has 0 fully saturated rings. The van der Waals surface area contributed by atoms with Crippen LogP contribution >= 0.6 is 15.9 Å². The highest BCUT2D eigenvalue weighted by atomic mass is 79.9. The van der Waals surface area contributed by atoms with E-state index in [0.717, 1.165) is 22.3 Å². The number of aromatic nitrogens is 1. The second-order valence-electron chi connectivity index (χ2n) is 2.32. The Morgan fingerprint density at radius 1 is 1.67 bits per heavy atom. The fourth-order valence-corrected chi connectivity index (χ4v) is 1.07. The first-order valence-corrected chi connectivity index (χ1v) is 4.64. The number of pyridine rings is 1. The maximum Gasteiger partial charge on any atom is 0.137 e. The van der Waals surface area contributed by atoms with Gasteiger partial charge < -0.3 is 4.74 Å². The first kappa shape index (κ1) is 9.26. The summed E-state index contributed by atoms with van der Waals surface area (Å²) in [6.07, 6.45) is 1.68. The van der Waals surface area contributed by atoms with Gasteiger partial charge in [-0.15, -0.1) is 0 Å². The van der Waals surface area contributed by atoms with Crippen molar-refractivity contribution in [3.63, 3.8) is 0 Å². The van der Waals surface area contributed by atoms with Crippen LogP contribution in [0.4, 0.5) is 0 Å². The molecule has 0 amide bonds. The van der Waals surface area contributed by atoms with E-state index in [4.69, 9.17) is 4.74 Å². The highest BCUT2D eigenvalue weighted by Gasteiger charge is 1.98. The van der Waals surface area contributed by atoms with Crippen molar-refractivity contribution in [1.82, 2.24) is 4.98 Å². The molecule has 0 N–H and O–H groups in total. The minimum absolute atomic E-state index is 0.742. The number of methoxy groups -OCH3 is 1. The predicted molar refractivity (Wildman–Crippen MR) is 53.6 cm³/mol. The summed E-state index contributed by atoms with van der Waals surface area (Å²) in [5.74, 6) is 0.765. The molecule has 3 heteroatoms. The van der Waals surface area contributed by atoms with Crippen LogP contribution in [0.25, 0.3) is 5.57 Å². The van der Waals surface area contributed by atoms with Crippen molar-refractivity contribution >= 4 is 21.5 Å². The molecule has 0 radical (unpaired) electrons. The third-order valence-electron chi connectivity index (χ3n) is 1.50. The maximum absolute atomic E-state index is 4.98. The summed E-state index contributed by atoms with van der Waals surface area (Å²) in [6, 6.07) is 3.76. The average Bonchev–Trinajstić information content (AvgIpc) is 2.17. The highest BCUT2D eigenvalue weighted by molar-refractivity contribution is 9.09. The number of alkyl halides is 1. The largest absolute Gasteiger partial charge is 0.495 e. The Morgan fingerprint density at radius 3 is 2.83 bits per heavy atom. The molecule has 0 aliphatic rings. The van der Waals surface area contributed by atoms with Crippen LogP contribution in [0.3, 0.4) is 0 Å². The van der Waals surface area contributed by atoms with Crippen LogP contribution < -0.4 is 4.74 Å². The topological polar surface area (TPSA) is 22.1 Å². The van der Waals surface area contributed by atoms with Gasteiger partial charge in [-0.25, -0.2) is 0 Å². The van der Waals surface area contributed by atoms with Gasteiger partial charge in [-0.2, -0.15) is 0 Å². The molecule has 1 aromatic heterocycles. The summed E-state index contributed by atoms with van der Waals surface area (Å²) < 4.78 is 4.98. The minimum atomic E-state index is 0.742. The molecule has 0 atom stereocenters. The summed E-state index contributed by atoms with van der Waals surface area (Å²) in [7, 11) is 1.62. The van der Waals surface area contributed by atoms with E-state index in [-0.39, 0.29) is 0 Å². The van der Waals surface area contributed by atoms with Crippen molar-refractivity contribution < 1.29 is 4.74 Å². The van der Waals surface area contributed by atoms with Gasteiger partial charge in [0.25, 0.3) is 0 Å². The molecule has 2 nitrogen and oxygen atoms in total. The molecule has 0 saturated heterocycles. The first-order valence-electron chi connectivity index (χ1n) is 3.52. The molecule has 64 valence electrons. The van der Waals surface area contributed by atoms with Crippen molar-refractivity contribution in [3.05, 3.63) is 30.6 Å². The van der Waals surface area contributed by atoms with Crippen molar-refractivity contribution in [1.29, 1.82) is 0 Å². The third-order valence-corrected chi connectivity index (χ3v) is 2.17. The fourth-order valence-electron chi connectivity index (χ4n) is 0.779. The summed E-state index contributed by atoms with van der Waals surface area (Å²) in [6.45, 7) is 3.85. The molecule has 0 bridgehead atoms. The van der Waals surface area contributed by atoms with Gasteiger partial charge in [0, 0.05) is 5.33 Å². The number of nitrogens with zero attached hydrogens (tertiary/aromatic N) is 1. The molecular formula is C9H10BrNO. The highest BCUT2D eigenvalue weighted by Crippen LogP contribution is 2.15. The summed E-state index contributed by atoms with van der Waals surface area (Å²) in [4.78, 5) is 4.17. The third kappa shape index (κ3) is 2.08. The van der Waals surface area contributed by atoms with Crippen LogP contribution in [0.15, 0.2) is 24.9 Å². The summed E-state index contributed by atoms with van der Waals surface area (Å²) >= 11 is 3.32. The molecule has 0 saturated carbocycles. The van der Waals surface area contributed by atoms with Crippen LogP contribution in [0.2, 0.25) is 0 Å². The Bertz CT molecular complexity index is 268. The minimum Gasteiger partial charge on any atom is -0.495 e. The number of halogens is 1. The summed E-state index contributed by atoms with van der Waals surface area (Å²) in [5.41, 5.74) is 1.87. The lowest BCUT2D eigenvalue weighted by atomic mass is 10.2. The second-order valence-corrected chi connectivity index (χ2v) is 2.88. The zero-order valence-corrected chi connectivity index (χ0v) is 8.47. The monoisotopic (exact) mass is 227 g/mol. The van der Waals surface area contributed by atoms with Crippen molar-refractivity contribution in [2.75, 3.05) is 12.4 Å². The molecule has 0 aromatic carbocycles. The van der Waals surface area contributed by atoms with Crippen LogP contribution in [0, 0.1) is 0 Å². The predicted octanol–water partition coefficient (Wildman–Crippen LogP) is 2.50. The van der Waals surface area contributed by atoms with Crippen molar-refractivity contribution in [3.8, 4) is 5.75 Å². The van der Waals surface area contributed by atoms with Gasteiger partial charge in [-0.05, 0) is 17.7 Å². The number of rotatable bonds is 3. The standard InChI is InChI=1S/C9H10BrNO/c1-7(5-10)9-4-3-8(12-2)6-11-9/h3-4,6H,1,5H2,2H3. The van der Waals surface area contributed by atoms with Gasteiger partial charge >= 0.3 is 0 Å². The average molecular weight is 228 g/mol. The van der Waals surface area contributed by atoms with Crippen LogP contribution in [0.1, 0.15) is 5.69 Å². The Balaban J connectivity index is 2.84. The molecule has 0 unspecified atom stereocenters. The maximum atomic E-state index is 4.98. The van der Waals surface area contributed by atoms with E-state index in [1.165, 1.54) is 0 Å². The molecular weight excluding hydrogens is 218 g/mol. The molecule has 1 aromatic rings. The zero-order valence-electron chi connectivity index (χ0n) is 6.88. The Hall–Kier alpha value is -0.830. The first-order chi connectivity index (χ1) is 5.77. The van der Waals surface area contributed by atoms with E-state index >= 15 is 0 Å². The number of hydrogen-bond donors (Lipinski definition) is 0. The van der Waals surface area contributed by atoms with Gasteiger partial charge in [0.1, 0.15) is 5.75 Å². The van der Waals surface area contributed by atoms with Gasteiger partial charge in [-0.1, -0.05) is 22.5 Å². The van der Waals surface area contributed by atoms with Crippen LogP contribution in [-0.4, -0.2) is 17.4 Å². The SMILES string of the molecule is C=C(CBr)c1ccc(OC)cn1. The smallest absolute Gasteiger partial charge is 0.137 e. The van der Waals surface area contributed by atoms with Crippen LogP contribution in [0.5, 0.6) is 5.75 Å². The Labute approximate surface area is 80.4 Å². The van der Waals surface area contributed by atoms with Gasteiger partial charge in [0.2, 0.25) is 0 Å². The molecule has 1 heterocycles. The molecule has 0 spiro atoms. The van der Waals surface area contributed by atoms with Crippen molar-refractivity contribution in [2.24, 2.45) is 0 Å². The lowest BCUT2D eigenvalue weighted by Gasteiger charge is -2.02. The van der Waals surface area contributed by atoms with E-state index in [1.807, 2.05) is 12.1 Å². The van der Waals surface area contributed by atoms with Crippen molar-refractivity contribution in [2.45, 2.75) is 0 Å². The molecule has 0 aliphatic heterocycles. The van der Waals surface area contributed by atoms with E-state index in [2.05, 4.69) is 27.5 Å². The fraction of sp³-hybridized carbons (Fsp3) is 0.222. The van der Waals surface area contributed by atoms with Crippen LogP contribution in [-0.2, 0) is 0 Å². The van der Waals surface area contributed by atoms with Gasteiger partial charge in [-0.3, -0.25) is 4.98 Å². The second kappa shape index (κ2) is 4.26. The molecule has 12 heavy (non-hydrogen) atoms. The quantitative estimate of drug-likeness (QED) is 0.741. The Kier molecular flexibility index (Phi) is 3.29. The van der Waals surface area contributed by atoms with E-state index in [0.29, 0.717) is 0 Å². The van der Waals surface area contributed by atoms with Gasteiger partial charge in [0.05, 0.1) is 19.0 Å². The lowest BCUT2D eigenvalue weighted by Crippen LogP contribution is -1.90. The number of ether oxygens (including phenoxy) is 1. The number of hydrogen-bond acceptors (Lipinski definition) is 2.